The number of rotatable bonds is 4. The Bertz CT molecular complexity index is 414. The highest BCUT2D eigenvalue weighted by Gasteiger charge is 2.22. The third-order valence-corrected chi connectivity index (χ3v) is 4.39. The van der Waals surface area contributed by atoms with Crippen LogP contribution >= 0.6 is 12.4 Å². The Morgan fingerprint density at radius 2 is 1.26 bits per heavy atom. The molecule has 0 radical (unpaired) electrons. The molecule has 0 aromatic heterocycles. The van der Waals surface area contributed by atoms with Crippen LogP contribution in [0.4, 0.5) is 0 Å². The van der Waals surface area contributed by atoms with Crippen molar-refractivity contribution in [2.24, 2.45) is 5.73 Å². The van der Waals surface area contributed by atoms with Crippen LogP contribution in [0.1, 0.15) is 59.2 Å². The molecule has 1 aromatic carbocycles. The van der Waals surface area contributed by atoms with E-state index in [9.17, 15) is 5.11 Å². The Kier molecular flexibility index (Phi) is 7.06. The van der Waals surface area contributed by atoms with Crippen LogP contribution in [0, 0.1) is 34.6 Å². The fourth-order valence-electron chi connectivity index (χ4n) is 2.70. The van der Waals surface area contributed by atoms with Crippen LogP contribution in [0.15, 0.2) is 0 Å². The number of aliphatic hydroxyl groups is 1. The molecule has 0 fully saturated rings. The molecule has 1 rings (SSSR count). The molecule has 0 aliphatic carbocycles. The smallest absolute Gasteiger partial charge is 0.0732 e. The molecule has 0 spiro atoms. The molecule has 3 N–H and O–H groups in total. The molecule has 2 nitrogen and oxygen atoms in total. The van der Waals surface area contributed by atoms with Gasteiger partial charge in [0.2, 0.25) is 0 Å². The topological polar surface area (TPSA) is 46.2 Å². The lowest BCUT2D eigenvalue weighted by molar-refractivity contribution is 0.134. The van der Waals surface area contributed by atoms with Crippen molar-refractivity contribution in [2.45, 2.75) is 66.5 Å². The summed E-state index contributed by atoms with van der Waals surface area (Å²) < 4.78 is 0. The Hall–Kier alpha value is -0.570. The third kappa shape index (κ3) is 3.50. The summed E-state index contributed by atoms with van der Waals surface area (Å²) in [7, 11) is 0. The summed E-state index contributed by atoms with van der Waals surface area (Å²) >= 11 is 0. The second-order valence-corrected chi connectivity index (χ2v) is 5.42. The van der Waals surface area contributed by atoms with Gasteiger partial charge < -0.3 is 10.8 Å². The molecule has 0 aliphatic heterocycles. The zero-order valence-corrected chi connectivity index (χ0v) is 13.8. The van der Waals surface area contributed by atoms with Crippen LogP contribution in [-0.4, -0.2) is 11.2 Å². The van der Waals surface area contributed by atoms with Gasteiger partial charge in [0, 0.05) is 0 Å². The maximum Gasteiger partial charge on any atom is 0.0732 e. The second-order valence-electron chi connectivity index (χ2n) is 5.42. The lowest BCUT2D eigenvalue weighted by Gasteiger charge is -2.26. The minimum absolute atomic E-state index is 0. The average Bonchev–Trinajstić information content (AvgIpc) is 2.34. The summed E-state index contributed by atoms with van der Waals surface area (Å²) in [6, 6.07) is -0.275. The van der Waals surface area contributed by atoms with E-state index in [-0.39, 0.29) is 18.4 Å². The van der Waals surface area contributed by atoms with Gasteiger partial charge in [-0.25, -0.2) is 0 Å². The first-order chi connectivity index (χ1) is 8.32. The van der Waals surface area contributed by atoms with Crippen molar-refractivity contribution >= 4 is 12.4 Å². The molecule has 0 amide bonds. The molecule has 110 valence electrons. The zero-order chi connectivity index (χ0) is 14.0. The first-order valence-electron chi connectivity index (χ1n) is 6.83. The van der Waals surface area contributed by atoms with Crippen molar-refractivity contribution in [2.75, 3.05) is 0 Å². The number of aliphatic hydroxyl groups excluding tert-OH is 1. The highest BCUT2D eigenvalue weighted by Crippen LogP contribution is 2.31. The molecule has 0 aliphatic rings. The van der Waals surface area contributed by atoms with E-state index in [0.717, 1.165) is 18.4 Å². The van der Waals surface area contributed by atoms with Crippen LogP contribution < -0.4 is 5.73 Å². The van der Waals surface area contributed by atoms with Crippen LogP contribution in [-0.2, 0) is 0 Å². The Morgan fingerprint density at radius 1 is 0.895 bits per heavy atom. The molecule has 0 heterocycles. The SMILES string of the molecule is CCC[C@H](O)[C@H](N)c1c(C)c(C)c(C)c(C)c1C.Cl. The predicted octanol–water partition coefficient (Wildman–Crippen LogP) is 3.81. The molecule has 0 unspecified atom stereocenters. The molecule has 0 saturated carbocycles. The van der Waals surface area contributed by atoms with E-state index in [4.69, 9.17) is 5.73 Å². The quantitative estimate of drug-likeness (QED) is 0.884. The molecule has 0 bridgehead atoms. The largest absolute Gasteiger partial charge is 0.391 e. The lowest BCUT2D eigenvalue weighted by atomic mass is 9.84. The fourth-order valence-corrected chi connectivity index (χ4v) is 2.70. The summed E-state index contributed by atoms with van der Waals surface area (Å²) in [5.41, 5.74) is 13.8. The number of hydrogen-bond donors (Lipinski definition) is 2. The normalized spacial score (nSPS) is 13.9. The van der Waals surface area contributed by atoms with Crippen molar-refractivity contribution in [3.05, 3.63) is 33.4 Å². The molecule has 0 saturated heterocycles. The molecular formula is C16H28ClNO. The van der Waals surface area contributed by atoms with Gasteiger partial charge in [0.15, 0.2) is 0 Å². The van der Waals surface area contributed by atoms with Gasteiger partial charge in [-0.15, -0.1) is 12.4 Å². The van der Waals surface area contributed by atoms with E-state index in [1.165, 1.54) is 27.8 Å². The van der Waals surface area contributed by atoms with E-state index in [2.05, 4.69) is 41.5 Å². The summed E-state index contributed by atoms with van der Waals surface area (Å²) in [4.78, 5) is 0. The highest BCUT2D eigenvalue weighted by molar-refractivity contribution is 5.85. The first-order valence-corrected chi connectivity index (χ1v) is 6.83. The van der Waals surface area contributed by atoms with Gasteiger partial charge in [-0.1, -0.05) is 13.3 Å². The number of hydrogen-bond acceptors (Lipinski definition) is 2. The van der Waals surface area contributed by atoms with E-state index in [1.54, 1.807) is 0 Å². The number of halogens is 1. The molecule has 2 atom stereocenters. The maximum absolute atomic E-state index is 10.1. The minimum Gasteiger partial charge on any atom is -0.391 e. The second kappa shape index (κ2) is 7.28. The fraction of sp³-hybridized carbons (Fsp3) is 0.625. The number of benzene rings is 1. The minimum atomic E-state index is -0.450. The van der Waals surface area contributed by atoms with Crippen molar-refractivity contribution < 1.29 is 5.11 Å². The Labute approximate surface area is 123 Å². The van der Waals surface area contributed by atoms with Crippen LogP contribution in [0.3, 0.4) is 0 Å². The number of nitrogens with two attached hydrogens (primary N) is 1. The van der Waals surface area contributed by atoms with Gasteiger partial charge in [-0.2, -0.15) is 0 Å². The van der Waals surface area contributed by atoms with Crippen LogP contribution in [0.25, 0.3) is 0 Å². The molecule has 1 aromatic rings. The van der Waals surface area contributed by atoms with Crippen molar-refractivity contribution in [1.82, 2.24) is 0 Å². The summed E-state index contributed by atoms with van der Waals surface area (Å²) in [6.07, 6.45) is 1.26. The van der Waals surface area contributed by atoms with E-state index < -0.39 is 6.10 Å². The summed E-state index contributed by atoms with van der Waals surface area (Å²) in [6.45, 7) is 12.7. The Morgan fingerprint density at radius 3 is 1.63 bits per heavy atom. The summed E-state index contributed by atoms with van der Waals surface area (Å²) in [5.74, 6) is 0. The van der Waals surface area contributed by atoms with Crippen molar-refractivity contribution in [1.29, 1.82) is 0 Å². The zero-order valence-electron chi connectivity index (χ0n) is 13.0. The summed E-state index contributed by atoms with van der Waals surface area (Å²) in [5, 5.41) is 10.1. The van der Waals surface area contributed by atoms with Crippen LogP contribution in [0.2, 0.25) is 0 Å². The maximum atomic E-state index is 10.1. The molecule has 3 heteroatoms. The van der Waals surface area contributed by atoms with Crippen molar-refractivity contribution in [3.63, 3.8) is 0 Å². The predicted molar refractivity (Wildman–Crippen MR) is 85.2 cm³/mol. The molecule has 19 heavy (non-hydrogen) atoms. The van der Waals surface area contributed by atoms with Gasteiger partial charge >= 0.3 is 0 Å². The third-order valence-electron chi connectivity index (χ3n) is 4.39. The molecular weight excluding hydrogens is 258 g/mol. The standard InChI is InChI=1S/C16H27NO.ClH/c1-7-8-14(18)16(17)15-12(5)10(3)9(2)11(4)13(15)6;/h14,16,18H,7-8,17H2,1-6H3;1H/t14-,16-;/m0./s1. The van der Waals surface area contributed by atoms with Gasteiger partial charge in [0.1, 0.15) is 0 Å². The van der Waals surface area contributed by atoms with E-state index >= 15 is 0 Å². The van der Waals surface area contributed by atoms with Gasteiger partial charge in [-0.05, 0) is 74.4 Å². The van der Waals surface area contributed by atoms with Gasteiger partial charge in [-0.3, -0.25) is 0 Å². The Balaban J connectivity index is 0.00000324. The van der Waals surface area contributed by atoms with Gasteiger partial charge in [0.05, 0.1) is 12.1 Å². The van der Waals surface area contributed by atoms with Gasteiger partial charge in [0.25, 0.3) is 0 Å². The lowest BCUT2D eigenvalue weighted by Crippen LogP contribution is -2.28. The van der Waals surface area contributed by atoms with E-state index in [1.807, 2.05) is 0 Å². The monoisotopic (exact) mass is 285 g/mol. The average molecular weight is 286 g/mol. The van der Waals surface area contributed by atoms with E-state index in [0.29, 0.717) is 0 Å². The first kappa shape index (κ1) is 18.4. The van der Waals surface area contributed by atoms with Crippen molar-refractivity contribution in [3.8, 4) is 0 Å². The van der Waals surface area contributed by atoms with Crippen LogP contribution in [0.5, 0.6) is 0 Å². The highest BCUT2D eigenvalue weighted by atomic mass is 35.5.